The standard InChI is InChI=1S/C11H20N2O2.ClH/c12-7-11(14)13-5-3-10(4-6-13)15-8-9-1-2-9;/h9-10H,1-8,12H2;1H. The molecule has 16 heavy (non-hydrogen) atoms. The van der Waals surface area contributed by atoms with Gasteiger partial charge in [-0.3, -0.25) is 4.79 Å². The fourth-order valence-corrected chi connectivity index (χ4v) is 1.96. The van der Waals surface area contributed by atoms with Gasteiger partial charge in [0.05, 0.1) is 12.6 Å². The molecule has 4 nitrogen and oxygen atoms in total. The molecule has 2 rings (SSSR count). The Hall–Kier alpha value is -0.320. The Kier molecular flexibility index (Phi) is 5.52. The first kappa shape index (κ1) is 13.7. The van der Waals surface area contributed by atoms with E-state index in [1.165, 1.54) is 12.8 Å². The average Bonchev–Trinajstić information content (AvgIpc) is 3.10. The Bertz CT molecular complexity index is 226. The van der Waals surface area contributed by atoms with Crippen LogP contribution in [0.25, 0.3) is 0 Å². The summed E-state index contributed by atoms with van der Waals surface area (Å²) in [6, 6.07) is 0. The molecule has 0 radical (unpaired) electrons. The third-order valence-electron chi connectivity index (χ3n) is 3.23. The van der Waals surface area contributed by atoms with Crippen LogP contribution in [0.2, 0.25) is 0 Å². The van der Waals surface area contributed by atoms with E-state index in [4.69, 9.17) is 10.5 Å². The zero-order chi connectivity index (χ0) is 10.7. The second kappa shape index (κ2) is 6.42. The molecule has 0 bridgehead atoms. The van der Waals surface area contributed by atoms with E-state index in [0.717, 1.165) is 38.5 Å². The molecular weight excluding hydrogens is 228 g/mol. The third kappa shape index (κ3) is 3.92. The molecule has 1 amide bonds. The number of hydrogen-bond donors (Lipinski definition) is 1. The van der Waals surface area contributed by atoms with Gasteiger partial charge in [-0.05, 0) is 31.6 Å². The lowest BCUT2D eigenvalue weighted by molar-refractivity contribution is -0.132. The highest BCUT2D eigenvalue weighted by atomic mass is 35.5. The van der Waals surface area contributed by atoms with E-state index in [9.17, 15) is 4.79 Å². The number of likely N-dealkylation sites (tertiary alicyclic amines) is 1. The van der Waals surface area contributed by atoms with Crippen molar-refractivity contribution in [3.8, 4) is 0 Å². The topological polar surface area (TPSA) is 55.6 Å². The second-order valence-corrected chi connectivity index (χ2v) is 4.56. The maximum Gasteiger partial charge on any atom is 0.236 e. The van der Waals surface area contributed by atoms with Gasteiger partial charge in [0.2, 0.25) is 5.91 Å². The van der Waals surface area contributed by atoms with Gasteiger partial charge in [0.15, 0.2) is 0 Å². The van der Waals surface area contributed by atoms with Crippen molar-refractivity contribution in [3.05, 3.63) is 0 Å². The number of carbonyl (C=O) groups excluding carboxylic acids is 1. The fourth-order valence-electron chi connectivity index (χ4n) is 1.96. The normalized spacial score (nSPS) is 21.7. The summed E-state index contributed by atoms with van der Waals surface area (Å²) in [6.45, 7) is 2.68. The first-order valence-corrected chi connectivity index (χ1v) is 5.89. The number of rotatable bonds is 4. The van der Waals surface area contributed by atoms with Gasteiger partial charge in [-0.25, -0.2) is 0 Å². The van der Waals surface area contributed by atoms with Crippen molar-refractivity contribution in [2.24, 2.45) is 11.7 Å². The molecule has 5 heteroatoms. The van der Waals surface area contributed by atoms with Crippen molar-refractivity contribution < 1.29 is 9.53 Å². The number of amides is 1. The van der Waals surface area contributed by atoms with Crippen LogP contribution in [0.4, 0.5) is 0 Å². The van der Waals surface area contributed by atoms with Crippen LogP contribution in [0, 0.1) is 5.92 Å². The summed E-state index contributed by atoms with van der Waals surface area (Å²) in [5, 5.41) is 0. The number of nitrogens with zero attached hydrogens (tertiary/aromatic N) is 1. The van der Waals surface area contributed by atoms with E-state index < -0.39 is 0 Å². The Balaban J connectivity index is 0.00000128. The molecule has 94 valence electrons. The van der Waals surface area contributed by atoms with Crippen LogP contribution in [0.1, 0.15) is 25.7 Å². The number of hydrogen-bond acceptors (Lipinski definition) is 3. The molecule has 2 N–H and O–H groups in total. The Labute approximate surface area is 103 Å². The minimum Gasteiger partial charge on any atom is -0.378 e. The van der Waals surface area contributed by atoms with E-state index in [1.54, 1.807) is 0 Å². The summed E-state index contributed by atoms with van der Waals surface area (Å²) in [5.74, 6) is 0.893. The third-order valence-corrected chi connectivity index (χ3v) is 3.23. The molecule has 0 aromatic rings. The number of nitrogens with two attached hydrogens (primary N) is 1. The largest absolute Gasteiger partial charge is 0.378 e. The minimum atomic E-state index is 0. The summed E-state index contributed by atoms with van der Waals surface area (Å²) < 4.78 is 5.80. The van der Waals surface area contributed by atoms with Crippen molar-refractivity contribution in [1.82, 2.24) is 4.90 Å². The lowest BCUT2D eigenvalue weighted by Gasteiger charge is -2.31. The van der Waals surface area contributed by atoms with Crippen LogP contribution in [0.5, 0.6) is 0 Å². The van der Waals surface area contributed by atoms with Gasteiger partial charge in [-0.1, -0.05) is 0 Å². The molecule has 0 unspecified atom stereocenters. The predicted molar refractivity (Wildman–Crippen MR) is 64.6 cm³/mol. The van der Waals surface area contributed by atoms with Crippen LogP contribution >= 0.6 is 12.4 Å². The Morgan fingerprint density at radius 3 is 2.38 bits per heavy atom. The van der Waals surface area contributed by atoms with Gasteiger partial charge in [0.25, 0.3) is 0 Å². The van der Waals surface area contributed by atoms with Crippen molar-refractivity contribution in [2.75, 3.05) is 26.2 Å². The molecule has 0 aromatic heterocycles. The Morgan fingerprint density at radius 2 is 1.88 bits per heavy atom. The second-order valence-electron chi connectivity index (χ2n) is 4.56. The molecule has 2 aliphatic rings. The first-order chi connectivity index (χ1) is 7.29. The molecule has 0 aromatic carbocycles. The summed E-state index contributed by atoms with van der Waals surface area (Å²) in [7, 11) is 0. The van der Waals surface area contributed by atoms with Crippen molar-refractivity contribution in [1.29, 1.82) is 0 Å². The summed E-state index contributed by atoms with van der Waals surface area (Å²) in [6.07, 6.45) is 4.98. The van der Waals surface area contributed by atoms with Crippen LogP contribution in [0.15, 0.2) is 0 Å². The molecule has 1 saturated heterocycles. The lowest BCUT2D eigenvalue weighted by Crippen LogP contribution is -2.43. The van der Waals surface area contributed by atoms with E-state index in [-0.39, 0.29) is 24.9 Å². The fraction of sp³-hybridized carbons (Fsp3) is 0.909. The van der Waals surface area contributed by atoms with Crippen LogP contribution in [-0.4, -0.2) is 43.2 Å². The van der Waals surface area contributed by atoms with E-state index >= 15 is 0 Å². The highest BCUT2D eigenvalue weighted by Gasteiger charge is 2.26. The quantitative estimate of drug-likeness (QED) is 0.800. The number of piperidine rings is 1. The maximum atomic E-state index is 11.3. The average molecular weight is 249 g/mol. The monoisotopic (exact) mass is 248 g/mol. The zero-order valence-corrected chi connectivity index (χ0v) is 10.4. The van der Waals surface area contributed by atoms with Crippen molar-refractivity contribution >= 4 is 18.3 Å². The van der Waals surface area contributed by atoms with E-state index in [1.807, 2.05) is 4.90 Å². The van der Waals surface area contributed by atoms with E-state index in [0.29, 0.717) is 6.10 Å². The highest BCUT2D eigenvalue weighted by Crippen LogP contribution is 2.30. The smallest absolute Gasteiger partial charge is 0.236 e. The van der Waals surface area contributed by atoms with Gasteiger partial charge in [0.1, 0.15) is 0 Å². The number of ether oxygens (including phenoxy) is 1. The Morgan fingerprint density at radius 1 is 1.25 bits per heavy atom. The highest BCUT2D eigenvalue weighted by molar-refractivity contribution is 5.85. The van der Waals surface area contributed by atoms with Crippen molar-refractivity contribution in [3.63, 3.8) is 0 Å². The molecule has 1 saturated carbocycles. The van der Waals surface area contributed by atoms with E-state index in [2.05, 4.69) is 0 Å². The minimum absolute atomic E-state index is 0. The molecule has 1 aliphatic heterocycles. The van der Waals surface area contributed by atoms with Gasteiger partial charge in [-0.2, -0.15) is 0 Å². The molecule has 2 fully saturated rings. The van der Waals surface area contributed by atoms with Crippen molar-refractivity contribution in [2.45, 2.75) is 31.8 Å². The summed E-state index contributed by atoms with van der Waals surface area (Å²) in [4.78, 5) is 13.2. The molecule has 1 heterocycles. The number of halogens is 1. The van der Waals surface area contributed by atoms with Gasteiger partial charge >= 0.3 is 0 Å². The number of carbonyl (C=O) groups is 1. The lowest BCUT2D eigenvalue weighted by atomic mass is 10.1. The maximum absolute atomic E-state index is 11.3. The SMILES string of the molecule is Cl.NCC(=O)N1CCC(OCC2CC2)CC1. The van der Waals surface area contributed by atoms with Crippen LogP contribution < -0.4 is 5.73 Å². The summed E-state index contributed by atoms with van der Waals surface area (Å²) in [5.41, 5.74) is 5.32. The van der Waals surface area contributed by atoms with Gasteiger partial charge in [0, 0.05) is 19.7 Å². The van der Waals surface area contributed by atoms with Gasteiger partial charge in [-0.15, -0.1) is 12.4 Å². The first-order valence-electron chi connectivity index (χ1n) is 5.89. The van der Waals surface area contributed by atoms with Crippen LogP contribution in [0.3, 0.4) is 0 Å². The molecule has 0 atom stereocenters. The van der Waals surface area contributed by atoms with Gasteiger partial charge < -0.3 is 15.4 Å². The summed E-state index contributed by atoms with van der Waals surface area (Å²) >= 11 is 0. The van der Waals surface area contributed by atoms with Crippen LogP contribution in [-0.2, 0) is 9.53 Å². The zero-order valence-electron chi connectivity index (χ0n) is 9.56. The predicted octanol–water partition coefficient (Wildman–Crippen LogP) is 0.784. The molecule has 1 aliphatic carbocycles. The molecular formula is C11H21ClN2O2. The molecule has 0 spiro atoms.